The van der Waals surface area contributed by atoms with Crippen molar-refractivity contribution in [2.75, 3.05) is 11.4 Å². The van der Waals surface area contributed by atoms with E-state index in [1.54, 1.807) is 11.0 Å². The first-order valence-electron chi connectivity index (χ1n) is 4.62. The number of carbonyl (C=O) groups excluding carboxylic acids is 1. The van der Waals surface area contributed by atoms with E-state index in [4.69, 9.17) is 5.73 Å². The number of hydrogen-bond donors (Lipinski definition) is 1. The Morgan fingerprint density at radius 3 is 3.00 bits per heavy atom. The molecule has 1 amide bonds. The second-order valence-corrected chi connectivity index (χ2v) is 4.33. The molecule has 1 aromatic carbocycles. The van der Waals surface area contributed by atoms with Crippen LogP contribution in [0.1, 0.15) is 11.6 Å². The van der Waals surface area contributed by atoms with Crippen molar-refractivity contribution >= 4 is 27.5 Å². The van der Waals surface area contributed by atoms with Gasteiger partial charge in [0.25, 0.3) is 0 Å². The summed E-state index contributed by atoms with van der Waals surface area (Å²) < 4.78 is 0.935. The van der Waals surface area contributed by atoms with Gasteiger partial charge in [-0.15, -0.1) is 6.58 Å². The van der Waals surface area contributed by atoms with Crippen LogP contribution >= 0.6 is 15.9 Å². The normalized spacial score (nSPS) is 19.2. The summed E-state index contributed by atoms with van der Waals surface area (Å²) in [6.45, 7) is 4.13. The average molecular weight is 267 g/mol. The highest BCUT2D eigenvalue weighted by molar-refractivity contribution is 9.10. The van der Waals surface area contributed by atoms with E-state index >= 15 is 0 Å². The van der Waals surface area contributed by atoms with Crippen LogP contribution in [-0.4, -0.2) is 12.5 Å². The van der Waals surface area contributed by atoms with Crippen LogP contribution in [0.4, 0.5) is 5.69 Å². The van der Waals surface area contributed by atoms with E-state index in [-0.39, 0.29) is 5.91 Å². The van der Waals surface area contributed by atoms with Crippen LogP contribution in [0.3, 0.4) is 0 Å². The van der Waals surface area contributed by atoms with Crippen molar-refractivity contribution in [3.8, 4) is 0 Å². The number of amides is 1. The molecule has 0 spiro atoms. The molecule has 0 bridgehead atoms. The van der Waals surface area contributed by atoms with Crippen molar-refractivity contribution in [2.45, 2.75) is 6.04 Å². The molecule has 0 radical (unpaired) electrons. The van der Waals surface area contributed by atoms with Gasteiger partial charge in [-0.1, -0.05) is 22.0 Å². The van der Waals surface area contributed by atoms with Crippen LogP contribution in [0.2, 0.25) is 0 Å². The molecule has 4 heteroatoms. The molecule has 3 nitrogen and oxygen atoms in total. The molecule has 1 heterocycles. The third kappa shape index (κ3) is 1.60. The van der Waals surface area contributed by atoms with E-state index in [2.05, 4.69) is 22.5 Å². The smallest absolute Gasteiger partial charge is 0.248 e. The van der Waals surface area contributed by atoms with Crippen LogP contribution in [0.15, 0.2) is 35.3 Å². The zero-order valence-electron chi connectivity index (χ0n) is 8.11. The molecule has 1 unspecified atom stereocenters. The number of hydrogen-bond acceptors (Lipinski definition) is 2. The zero-order chi connectivity index (χ0) is 11.0. The van der Waals surface area contributed by atoms with Crippen molar-refractivity contribution in [1.82, 2.24) is 0 Å². The second kappa shape index (κ2) is 3.79. The minimum Gasteiger partial charge on any atom is -0.316 e. The molecular formula is C11H11BrN2O. The van der Waals surface area contributed by atoms with Crippen LogP contribution < -0.4 is 10.6 Å². The number of benzene rings is 1. The van der Waals surface area contributed by atoms with Gasteiger partial charge in [0.2, 0.25) is 5.91 Å². The Balaban J connectivity index is 2.50. The summed E-state index contributed by atoms with van der Waals surface area (Å²) in [5.41, 5.74) is 7.59. The first-order chi connectivity index (χ1) is 7.15. The lowest BCUT2D eigenvalue weighted by molar-refractivity contribution is -0.119. The fourth-order valence-electron chi connectivity index (χ4n) is 1.76. The molecule has 1 aliphatic heterocycles. The van der Waals surface area contributed by atoms with E-state index in [0.717, 1.165) is 15.7 Å². The van der Waals surface area contributed by atoms with E-state index < -0.39 is 6.04 Å². The first-order valence-corrected chi connectivity index (χ1v) is 5.41. The highest BCUT2D eigenvalue weighted by Crippen LogP contribution is 2.35. The van der Waals surface area contributed by atoms with Gasteiger partial charge < -0.3 is 10.6 Å². The van der Waals surface area contributed by atoms with Crippen molar-refractivity contribution < 1.29 is 4.79 Å². The molecule has 2 N–H and O–H groups in total. The molecule has 0 saturated heterocycles. The Labute approximate surface area is 96.7 Å². The number of nitrogens with two attached hydrogens (primary N) is 1. The van der Waals surface area contributed by atoms with Gasteiger partial charge in [-0.3, -0.25) is 4.79 Å². The molecule has 1 aliphatic rings. The second-order valence-electron chi connectivity index (χ2n) is 3.42. The lowest BCUT2D eigenvalue weighted by Gasteiger charge is -2.14. The number of halogens is 1. The zero-order valence-corrected chi connectivity index (χ0v) is 9.70. The molecule has 78 valence electrons. The van der Waals surface area contributed by atoms with Crippen molar-refractivity contribution in [2.24, 2.45) is 5.73 Å². The monoisotopic (exact) mass is 266 g/mol. The van der Waals surface area contributed by atoms with E-state index in [1.165, 1.54) is 0 Å². The van der Waals surface area contributed by atoms with Gasteiger partial charge >= 0.3 is 0 Å². The van der Waals surface area contributed by atoms with Gasteiger partial charge in [-0.25, -0.2) is 0 Å². The molecule has 0 saturated carbocycles. The van der Waals surface area contributed by atoms with Crippen LogP contribution in [0.25, 0.3) is 0 Å². The quantitative estimate of drug-likeness (QED) is 0.833. The third-order valence-corrected chi connectivity index (χ3v) is 2.95. The van der Waals surface area contributed by atoms with Crippen LogP contribution in [-0.2, 0) is 4.79 Å². The average Bonchev–Trinajstić information content (AvgIpc) is 2.44. The predicted octanol–water partition coefficient (Wildman–Crippen LogP) is 1.98. The first kappa shape index (κ1) is 10.4. The molecule has 1 aromatic rings. The third-order valence-electron chi connectivity index (χ3n) is 2.46. The number of rotatable bonds is 2. The molecule has 0 aromatic heterocycles. The largest absolute Gasteiger partial charge is 0.316 e. The Bertz CT molecular complexity index is 431. The minimum absolute atomic E-state index is 0.0667. The van der Waals surface area contributed by atoms with Crippen molar-refractivity contribution in [3.63, 3.8) is 0 Å². The van der Waals surface area contributed by atoms with Gasteiger partial charge in [0.05, 0.1) is 0 Å². The van der Waals surface area contributed by atoms with Crippen LogP contribution in [0, 0.1) is 0 Å². The van der Waals surface area contributed by atoms with Crippen LogP contribution in [0.5, 0.6) is 0 Å². The van der Waals surface area contributed by atoms with Gasteiger partial charge in [0, 0.05) is 22.3 Å². The van der Waals surface area contributed by atoms with Gasteiger partial charge in [0.15, 0.2) is 0 Å². The summed E-state index contributed by atoms with van der Waals surface area (Å²) in [6, 6.07) is 5.15. The van der Waals surface area contributed by atoms with Gasteiger partial charge in [-0.05, 0) is 18.2 Å². The maximum absolute atomic E-state index is 11.8. The minimum atomic E-state index is -0.544. The predicted molar refractivity (Wildman–Crippen MR) is 63.6 cm³/mol. The van der Waals surface area contributed by atoms with E-state index in [0.29, 0.717) is 6.54 Å². The molecule has 0 aliphatic carbocycles. The van der Waals surface area contributed by atoms with E-state index in [1.807, 2.05) is 18.2 Å². The Morgan fingerprint density at radius 1 is 1.60 bits per heavy atom. The maximum Gasteiger partial charge on any atom is 0.248 e. The number of fused-ring (bicyclic) bond motifs is 1. The summed E-state index contributed by atoms with van der Waals surface area (Å²) in [6.07, 6.45) is 1.70. The molecule has 15 heavy (non-hydrogen) atoms. The molecule has 1 atom stereocenters. The highest BCUT2D eigenvalue weighted by Gasteiger charge is 2.33. The molecule has 2 rings (SSSR count). The fraction of sp³-hybridized carbons (Fsp3) is 0.182. The summed E-state index contributed by atoms with van der Waals surface area (Å²) in [7, 11) is 0. The number of carbonyl (C=O) groups is 1. The lowest BCUT2D eigenvalue weighted by Crippen LogP contribution is -2.31. The Kier molecular flexibility index (Phi) is 2.63. The van der Waals surface area contributed by atoms with Gasteiger partial charge in [-0.2, -0.15) is 0 Å². The maximum atomic E-state index is 11.8. The van der Waals surface area contributed by atoms with E-state index in [9.17, 15) is 4.79 Å². The highest BCUT2D eigenvalue weighted by atomic mass is 79.9. The Morgan fingerprint density at radius 2 is 2.33 bits per heavy atom. The molecular weight excluding hydrogens is 256 g/mol. The standard InChI is InChI=1S/C11H11BrN2O/c1-2-5-14-9-4-3-7(12)6-8(9)10(13)11(14)15/h2-4,6,10H,1,5,13H2. The number of nitrogens with zero attached hydrogens (tertiary/aromatic N) is 1. The fourth-order valence-corrected chi connectivity index (χ4v) is 2.14. The number of anilines is 1. The van der Waals surface area contributed by atoms with Crippen molar-refractivity contribution in [3.05, 3.63) is 40.9 Å². The summed E-state index contributed by atoms with van der Waals surface area (Å²) in [5.74, 6) is -0.0667. The summed E-state index contributed by atoms with van der Waals surface area (Å²) in [5, 5.41) is 0. The topological polar surface area (TPSA) is 46.3 Å². The Hall–Kier alpha value is -1.13. The summed E-state index contributed by atoms with van der Waals surface area (Å²) >= 11 is 3.37. The SMILES string of the molecule is C=CCN1C(=O)C(N)c2cc(Br)ccc21. The van der Waals surface area contributed by atoms with Crippen molar-refractivity contribution in [1.29, 1.82) is 0 Å². The molecule has 0 fully saturated rings. The summed E-state index contributed by atoms with van der Waals surface area (Å²) in [4.78, 5) is 13.5. The van der Waals surface area contributed by atoms with Gasteiger partial charge in [0.1, 0.15) is 6.04 Å². The lowest BCUT2D eigenvalue weighted by atomic mass is 10.1.